The van der Waals surface area contributed by atoms with Gasteiger partial charge in [-0.15, -0.1) is 10.2 Å². The SMILES string of the molecule is Fc1cc(Cl)cc(Nc2nnc(Cl)c3ccccc23)c1. The molecular formula is C14H8Cl2FN3. The van der Waals surface area contributed by atoms with E-state index in [0.29, 0.717) is 21.7 Å². The van der Waals surface area contributed by atoms with E-state index in [0.717, 1.165) is 10.8 Å². The van der Waals surface area contributed by atoms with Crippen molar-refractivity contribution in [3.63, 3.8) is 0 Å². The van der Waals surface area contributed by atoms with Crippen molar-refractivity contribution in [2.75, 3.05) is 5.32 Å². The molecule has 100 valence electrons. The minimum atomic E-state index is -0.425. The summed E-state index contributed by atoms with van der Waals surface area (Å²) in [6, 6.07) is 11.6. The van der Waals surface area contributed by atoms with Crippen molar-refractivity contribution in [2.24, 2.45) is 0 Å². The molecule has 3 aromatic rings. The third-order valence-corrected chi connectivity index (χ3v) is 3.26. The van der Waals surface area contributed by atoms with Gasteiger partial charge in [-0.25, -0.2) is 4.39 Å². The van der Waals surface area contributed by atoms with E-state index >= 15 is 0 Å². The molecule has 0 fully saturated rings. The van der Waals surface area contributed by atoms with Gasteiger partial charge in [-0.2, -0.15) is 0 Å². The summed E-state index contributed by atoms with van der Waals surface area (Å²) in [5, 5.41) is 13.1. The van der Waals surface area contributed by atoms with Gasteiger partial charge in [0.05, 0.1) is 0 Å². The van der Waals surface area contributed by atoms with E-state index in [1.807, 2.05) is 24.3 Å². The molecular weight excluding hydrogens is 300 g/mol. The Morgan fingerprint density at radius 1 is 0.950 bits per heavy atom. The van der Waals surface area contributed by atoms with E-state index < -0.39 is 5.82 Å². The molecule has 20 heavy (non-hydrogen) atoms. The quantitative estimate of drug-likeness (QED) is 0.737. The average Bonchev–Trinajstić information content (AvgIpc) is 2.41. The number of aromatic nitrogens is 2. The number of nitrogens with one attached hydrogen (secondary N) is 1. The summed E-state index contributed by atoms with van der Waals surface area (Å²) in [4.78, 5) is 0. The van der Waals surface area contributed by atoms with Crippen molar-refractivity contribution in [2.45, 2.75) is 0 Å². The fourth-order valence-electron chi connectivity index (χ4n) is 1.93. The highest BCUT2D eigenvalue weighted by molar-refractivity contribution is 6.34. The number of halogens is 3. The molecule has 0 aliphatic rings. The summed E-state index contributed by atoms with van der Waals surface area (Å²) in [7, 11) is 0. The van der Waals surface area contributed by atoms with Gasteiger partial charge in [-0.3, -0.25) is 0 Å². The zero-order valence-corrected chi connectivity index (χ0v) is 11.6. The van der Waals surface area contributed by atoms with Gasteiger partial charge in [0.25, 0.3) is 0 Å². The Morgan fingerprint density at radius 2 is 1.70 bits per heavy atom. The summed E-state index contributed by atoms with van der Waals surface area (Å²) >= 11 is 11.8. The van der Waals surface area contributed by atoms with Crippen LogP contribution in [0.15, 0.2) is 42.5 Å². The fraction of sp³-hybridized carbons (Fsp3) is 0. The molecule has 3 nitrogen and oxygen atoms in total. The Hall–Kier alpha value is -1.91. The summed E-state index contributed by atoms with van der Waals surface area (Å²) in [6.07, 6.45) is 0. The second-order valence-electron chi connectivity index (χ2n) is 4.17. The van der Waals surface area contributed by atoms with Gasteiger partial charge in [0.2, 0.25) is 0 Å². The van der Waals surface area contributed by atoms with Crippen LogP contribution in [-0.2, 0) is 0 Å². The molecule has 0 atom stereocenters. The van der Waals surface area contributed by atoms with Crippen LogP contribution in [0, 0.1) is 5.82 Å². The maximum absolute atomic E-state index is 13.3. The lowest BCUT2D eigenvalue weighted by Crippen LogP contribution is -1.98. The normalized spacial score (nSPS) is 10.8. The van der Waals surface area contributed by atoms with Crippen LogP contribution in [-0.4, -0.2) is 10.2 Å². The Labute approximate surface area is 124 Å². The molecule has 2 aromatic carbocycles. The predicted octanol–water partition coefficient (Wildman–Crippen LogP) is 4.82. The number of hydrogen-bond acceptors (Lipinski definition) is 3. The highest BCUT2D eigenvalue weighted by Crippen LogP contribution is 2.28. The van der Waals surface area contributed by atoms with Crippen LogP contribution in [0.4, 0.5) is 15.9 Å². The highest BCUT2D eigenvalue weighted by Gasteiger charge is 2.08. The van der Waals surface area contributed by atoms with Crippen molar-refractivity contribution < 1.29 is 4.39 Å². The van der Waals surface area contributed by atoms with Crippen LogP contribution in [0.3, 0.4) is 0 Å². The molecule has 0 radical (unpaired) electrons. The summed E-state index contributed by atoms with van der Waals surface area (Å²) in [5.74, 6) is 0.0675. The van der Waals surface area contributed by atoms with Gasteiger partial charge in [0, 0.05) is 21.5 Å². The zero-order valence-electron chi connectivity index (χ0n) is 10.1. The van der Waals surface area contributed by atoms with E-state index in [2.05, 4.69) is 15.5 Å². The molecule has 1 heterocycles. The molecule has 0 unspecified atom stereocenters. The molecule has 3 rings (SSSR count). The van der Waals surface area contributed by atoms with Crippen LogP contribution in [0.5, 0.6) is 0 Å². The maximum Gasteiger partial charge on any atom is 0.161 e. The first-order valence-electron chi connectivity index (χ1n) is 5.77. The maximum atomic E-state index is 13.3. The Kier molecular flexibility index (Phi) is 3.42. The molecule has 0 bridgehead atoms. The molecule has 0 saturated carbocycles. The van der Waals surface area contributed by atoms with Crippen LogP contribution >= 0.6 is 23.2 Å². The van der Waals surface area contributed by atoms with Crippen molar-refractivity contribution in [3.05, 3.63) is 58.5 Å². The largest absolute Gasteiger partial charge is 0.338 e. The molecule has 1 aromatic heterocycles. The standard InChI is InChI=1S/C14H8Cl2FN3/c15-8-5-9(17)7-10(6-8)18-14-12-4-2-1-3-11(12)13(16)19-20-14/h1-7H,(H,18,20). The van der Waals surface area contributed by atoms with Gasteiger partial charge in [-0.1, -0.05) is 47.5 Å². The van der Waals surface area contributed by atoms with E-state index in [-0.39, 0.29) is 0 Å². The third kappa shape index (κ3) is 2.53. The predicted molar refractivity (Wildman–Crippen MR) is 79.2 cm³/mol. The Morgan fingerprint density at radius 3 is 2.45 bits per heavy atom. The van der Waals surface area contributed by atoms with Gasteiger partial charge >= 0.3 is 0 Å². The molecule has 0 saturated heterocycles. The average molecular weight is 308 g/mol. The molecule has 1 N–H and O–H groups in total. The number of benzene rings is 2. The number of nitrogens with zero attached hydrogens (tertiary/aromatic N) is 2. The van der Waals surface area contributed by atoms with E-state index in [1.54, 1.807) is 6.07 Å². The number of fused-ring (bicyclic) bond motifs is 1. The Bertz CT molecular complexity index is 772. The lowest BCUT2D eigenvalue weighted by atomic mass is 10.2. The van der Waals surface area contributed by atoms with Crippen LogP contribution < -0.4 is 5.32 Å². The van der Waals surface area contributed by atoms with Gasteiger partial charge in [-0.05, 0) is 18.2 Å². The summed E-state index contributed by atoms with van der Waals surface area (Å²) < 4.78 is 13.3. The molecule has 0 amide bonds. The molecule has 0 aliphatic carbocycles. The second kappa shape index (κ2) is 5.23. The molecule has 0 spiro atoms. The van der Waals surface area contributed by atoms with Crippen LogP contribution in [0.25, 0.3) is 10.8 Å². The van der Waals surface area contributed by atoms with Gasteiger partial charge in [0.15, 0.2) is 11.0 Å². The lowest BCUT2D eigenvalue weighted by molar-refractivity contribution is 0.628. The van der Waals surface area contributed by atoms with Crippen molar-refractivity contribution in [1.29, 1.82) is 0 Å². The minimum Gasteiger partial charge on any atom is -0.338 e. The van der Waals surface area contributed by atoms with E-state index in [1.165, 1.54) is 12.1 Å². The van der Waals surface area contributed by atoms with Crippen molar-refractivity contribution in [3.8, 4) is 0 Å². The fourth-order valence-corrected chi connectivity index (χ4v) is 2.35. The van der Waals surface area contributed by atoms with Crippen molar-refractivity contribution >= 4 is 45.5 Å². The van der Waals surface area contributed by atoms with E-state index in [9.17, 15) is 4.39 Å². The first-order chi connectivity index (χ1) is 9.63. The first-order valence-corrected chi connectivity index (χ1v) is 6.53. The van der Waals surface area contributed by atoms with Gasteiger partial charge in [0.1, 0.15) is 5.82 Å². The smallest absolute Gasteiger partial charge is 0.161 e. The van der Waals surface area contributed by atoms with Crippen LogP contribution in [0.1, 0.15) is 0 Å². The van der Waals surface area contributed by atoms with Crippen molar-refractivity contribution in [1.82, 2.24) is 10.2 Å². The topological polar surface area (TPSA) is 37.8 Å². The number of hydrogen-bond donors (Lipinski definition) is 1. The number of anilines is 2. The van der Waals surface area contributed by atoms with E-state index in [4.69, 9.17) is 23.2 Å². The second-order valence-corrected chi connectivity index (χ2v) is 4.96. The monoisotopic (exact) mass is 307 g/mol. The highest BCUT2D eigenvalue weighted by atomic mass is 35.5. The minimum absolute atomic E-state index is 0.304. The zero-order chi connectivity index (χ0) is 14.1. The number of rotatable bonds is 2. The summed E-state index contributed by atoms with van der Waals surface area (Å²) in [5.41, 5.74) is 0.497. The Balaban J connectivity index is 2.09. The molecule has 0 aliphatic heterocycles. The first kappa shape index (κ1) is 13.1. The summed E-state index contributed by atoms with van der Waals surface area (Å²) in [6.45, 7) is 0. The van der Waals surface area contributed by atoms with Gasteiger partial charge < -0.3 is 5.32 Å². The lowest BCUT2D eigenvalue weighted by Gasteiger charge is -2.09. The third-order valence-electron chi connectivity index (χ3n) is 2.77. The molecule has 6 heteroatoms. The van der Waals surface area contributed by atoms with Crippen LogP contribution in [0.2, 0.25) is 10.2 Å².